The van der Waals surface area contributed by atoms with Crippen LogP contribution in [0, 0.1) is 24.2 Å². The third-order valence-electron chi connectivity index (χ3n) is 4.33. The van der Waals surface area contributed by atoms with E-state index in [9.17, 15) is 10.1 Å². The molecule has 0 bridgehead atoms. The number of carbonyl (C=O) groups excluding carboxylic acids is 1. The molecule has 0 saturated heterocycles. The molecule has 0 saturated carbocycles. The van der Waals surface area contributed by atoms with Gasteiger partial charge in [0.2, 0.25) is 0 Å². The number of nitrogens with zero attached hydrogens (tertiary/aromatic N) is 1. The van der Waals surface area contributed by atoms with Gasteiger partial charge in [-0.15, -0.1) is 11.3 Å². The number of carbonyl (C=O) groups is 1. The smallest absolute Gasteiger partial charge is 0.262 e. The van der Waals surface area contributed by atoms with Crippen LogP contribution in [-0.4, -0.2) is 12.5 Å². The van der Waals surface area contributed by atoms with E-state index in [1.54, 1.807) is 0 Å². The number of anilines is 1. The van der Waals surface area contributed by atoms with Gasteiger partial charge in [-0.2, -0.15) is 5.26 Å². The first-order chi connectivity index (χ1) is 11.6. The van der Waals surface area contributed by atoms with Crippen LogP contribution in [0.15, 0.2) is 24.3 Å². The summed E-state index contributed by atoms with van der Waals surface area (Å²) in [6, 6.07) is 9.85. The Labute approximate surface area is 146 Å². The van der Waals surface area contributed by atoms with E-state index in [0.29, 0.717) is 22.2 Å². The predicted molar refractivity (Wildman–Crippen MR) is 95.5 cm³/mol. The van der Waals surface area contributed by atoms with E-state index in [0.717, 1.165) is 30.4 Å². The fourth-order valence-corrected chi connectivity index (χ4v) is 4.36. The molecule has 3 rings (SSSR count). The number of hydrogen-bond donors (Lipinski definition) is 1. The zero-order valence-electron chi connectivity index (χ0n) is 13.9. The van der Waals surface area contributed by atoms with Gasteiger partial charge < -0.3 is 10.1 Å². The van der Waals surface area contributed by atoms with Crippen LogP contribution in [0.5, 0.6) is 5.75 Å². The molecule has 1 aromatic carbocycles. The fraction of sp³-hybridized carbons (Fsp3) is 0.368. The molecule has 24 heavy (non-hydrogen) atoms. The molecule has 1 atom stereocenters. The number of aryl methyl sites for hydroxylation is 1. The number of fused-ring (bicyclic) bond motifs is 1. The van der Waals surface area contributed by atoms with E-state index in [4.69, 9.17) is 4.74 Å². The van der Waals surface area contributed by atoms with Crippen LogP contribution < -0.4 is 10.1 Å². The highest BCUT2D eigenvalue weighted by Gasteiger charge is 2.24. The lowest BCUT2D eigenvalue weighted by Gasteiger charge is -2.17. The molecule has 0 fully saturated rings. The highest BCUT2D eigenvalue weighted by atomic mass is 32.1. The molecule has 1 aliphatic rings. The van der Waals surface area contributed by atoms with Crippen molar-refractivity contribution in [2.45, 2.75) is 33.1 Å². The molecule has 124 valence electrons. The molecule has 1 aliphatic carbocycles. The number of ether oxygens (including phenoxy) is 1. The van der Waals surface area contributed by atoms with E-state index in [1.165, 1.54) is 16.2 Å². The van der Waals surface area contributed by atoms with Gasteiger partial charge in [-0.3, -0.25) is 4.79 Å². The molecule has 2 aromatic rings. The van der Waals surface area contributed by atoms with Gasteiger partial charge in [0.1, 0.15) is 16.8 Å². The summed E-state index contributed by atoms with van der Waals surface area (Å²) < 4.78 is 5.57. The number of amides is 1. The Morgan fingerprint density at radius 2 is 2.25 bits per heavy atom. The van der Waals surface area contributed by atoms with Gasteiger partial charge in [-0.1, -0.05) is 25.1 Å². The van der Waals surface area contributed by atoms with Gasteiger partial charge >= 0.3 is 0 Å². The molecule has 1 N–H and O–H groups in total. The Hall–Kier alpha value is -2.32. The summed E-state index contributed by atoms with van der Waals surface area (Å²) in [6.45, 7) is 4.10. The van der Waals surface area contributed by atoms with Crippen molar-refractivity contribution in [3.05, 3.63) is 45.8 Å². The lowest BCUT2D eigenvalue weighted by molar-refractivity contribution is -0.118. The number of para-hydroxylation sites is 1. The minimum absolute atomic E-state index is 0.0608. The summed E-state index contributed by atoms with van der Waals surface area (Å²) in [6.07, 6.45) is 3.01. The van der Waals surface area contributed by atoms with Gasteiger partial charge in [0, 0.05) is 4.88 Å². The first-order valence-electron chi connectivity index (χ1n) is 8.11. The SMILES string of the molecule is Cc1ccccc1OCC(=O)Nc1sc2c(c1C#N)CCC(C)C2. The second kappa shape index (κ2) is 7.06. The predicted octanol–water partition coefficient (Wildman–Crippen LogP) is 4.07. The van der Waals surface area contributed by atoms with Crippen LogP contribution >= 0.6 is 11.3 Å². The lowest BCUT2D eigenvalue weighted by Crippen LogP contribution is -2.20. The van der Waals surface area contributed by atoms with Crippen molar-refractivity contribution in [1.29, 1.82) is 5.26 Å². The zero-order valence-corrected chi connectivity index (χ0v) is 14.7. The second-order valence-corrected chi connectivity index (χ2v) is 7.38. The summed E-state index contributed by atoms with van der Waals surface area (Å²) in [4.78, 5) is 13.4. The molecule has 1 unspecified atom stereocenters. The number of hydrogen-bond acceptors (Lipinski definition) is 4. The Morgan fingerprint density at radius 1 is 1.46 bits per heavy atom. The van der Waals surface area contributed by atoms with Crippen molar-refractivity contribution < 1.29 is 9.53 Å². The van der Waals surface area contributed by atoms with Crippen LogP contribution in [0.25, 0.3) is 0 Å². The largest absolute Gasteiger partial charge is 0.483 e. The van der Waals surface area contributed by atoms with Crippen molar-refractivity contribution in [2.24, 2.45) is 5.92 Å². The van der Waals surface area contributed by atoms with Gasteiger partial charge in [-0.05, 0) is 49.3 Å². The monoisotopic (exact) mass is 340 g/mol. The Bertz CT molecular complexity index is 804. The third kappa shape index (κ3) is 3.44. The van der Waals surface area contributed by atoms with Gasteiger partial charge in [-0.25, -0.2) is 0 Å². The number of nitrogens with one attached hydrogen (secondary N) is 1. The molecular weight excluding hydrogens is 320 g/mol. The number of benzene rings is 1. The van der Waals surface area contributed by atoms with Crippen LogP contribution in [0.1, 0.15) is 34.9 Å². The summed E-state index contributed by atoms with van der Waals surface area (Å²) >= 11 is 1.53. The molecule has 5 heteroatoms. The summed E-state index contributed by atoms with van der Waals surface area (Å²) in [5.74, 6) is 1.10. The van der Waals surface area contributed by atoms with Crippen LogP contribution in [0.2, 0.25) is 0 Å². The molecule has 0 aliphatic heterocycles. The standard InChI is InChI=1S/C19H20N2O2S/c1-12-7-8-14-15(10-20)19(24-17(14)9-12)21-18(22)11-23-16-6-4-3-5-13(16)2/h3-6,12H,7-9,11H2,1-2H3,(H,21,22). The van der Waals surface area contributed by atoms with Gasteiger partial charge in [0.25, 0.3) is 5.91 Å². The number of rotatable bonds is 4. The Balaban J connectivity index is 1.69. The summed E-state index contributed by atoms with van der Waals surface area (Å²) in [5, 5.41) is 13.0. The van der Waals surface area contributed by atoms with Crippen LogP contribution in [0.4, 0.5) is 5.00 Å². The lowest BCUT2D eigenvalue weighted by atomic mass is 9.89. The normalized spacial score (nSPS) is 16.1. The molecule has 0 radical (unpaired) electrons. The molecule has 1 amide bonds. The minimum atomic E-state index is -0.235. The maximum atomic E-state index is 12.2. The van der Waals surface area contributed by atoms with Crippen molar-refractivity contribution in [3.63, 3.8) is 0 Å². The maximum absolute atomic E-state index is 12.2. The van der Waals surface area contributed by atoms with Crippen molar-refractivity contribution in [2.75, 3.05) is 11.9 Å². The third-order valence-corrected chi connectivity index (χ3v) is 5.50. The molecule has 1 aromatic heterocycles. The van der Waals surface area contributed by atoms with E-state index < -0.39 is 0 Å². The van der Waals surface area contributed by atoms with E-state index in [1.807, 2.05) is 31.2 Å². The first-order valence-corrected chi connectivity index (χ1v) is 8.93. The topological polar surface area (TPSA) is 62.1 Å². The Morgan fingerprint density at radius 3 is 3.00 bits per heavy atom. The number of thiophene rings is 1. The molecule has 1 heterocycles. The average Bonchev–Trinajstić information content (AvgIpc) is 2.90. The highest BCUT2D eigenvalue weighted by molar-refractivity contribution is 7.16. The molecule has 0 spiro atoms. The fourth-order valence-electron chi connectivity index (χ4n) is 2.98. The maximum Gasteiger partial charge on any atom is 0.262 e. The average molecular weight is 340 g/mol. The highest BCUT2D eigenvalue weighted by Crippen LogP contribution is 2.39. The van der Waals surface area contributed by atoms with E-state index >= 15 is 0 Å². The van der Waals surface area contributed by atoms with Crippen LogP contribution in [-0.2, 0) is 17.6 Å². The quantitative estimate of drug-likeness (QED) is 0.912. The molecule has 4 nitrogen and oxygen atoms in total. The molecular formula is C19H20N2O2S. The Kier molecular flexibility index (Phi) is 4.86. The first kappa shape index (κ1) is 16.5. The van der Waals surface area contributed by atoms with Gasteiger partial charge in [0.15, 0.2) is 6.61 Å². The van der Waals surface area contributed by atoms with E-state index in [-0.39, 0.29) is 12.5 Å². The van der Waals surface area contributed by atoms with Gasteiger partial charge in [0.05, 0.1) is 5.56 Å². The number of nitriles is 1. The zero-order chi connectivity index (χ0) is 17.1. The van der Waals surface area contributed by atoms with Crippen molar-refractivity contribution >= 4 is 22.2 Å². The minimum Gasteiger partial charge on any atom is -0.483 e. The van der Waals surface area contributed by atoms with Crippen LogP contribution in [0.3, 0.4) is 0 Å². The van der Waals surface area contributed by atoms with Crippen molar-refractivity contribution in [1.82, 2.24) is 0 Å². The van der Waals surface area contributed by atoms with E-state index in [2.05, 4.69) is 18.3 Å². The second-order valence-electron chi connectivity index (χ2n) is 6.27. The van der Waals surface area contributed by atoms with Crippen molar-refractivity contribution in [3.8, 4) is 11.8 Å². The summed E-state index contributed by atoms with van der Waals surface area (Å²) in [5.41, 5.74) is 2.74. The summed E-state index contributed by atoms with van der Waals surface area (Å²) in [7, 11) is 0.